The minimum Gasteiger partial charge on any atom is -0.630 e. The second kappa shape index (κ2) is 8.44. The number of rotatable bonds is 4. The van der Waals surface area contributed by atoms with E-state index in [2.05, 4.69) is 0 Å². The molecule has 9 heteroatoms. The Morgan fingerprint density at radius 2 is 1.05 bits per heavy atom. The number of nitrogens with zero attached hydrogens (tertiary/aromatic N) is 5. The van der Waals surface area contributed by atoms with E-state index in [0.29, 0.717) is 61.5 Å². The number of benzene rings is 2. The van der Waals surface area contributed by atoms with Gasteiger partial charge < -0.3 is 19.7 Å². The van der Waals surface area contributed by atoms with E-state index in [1.165, 1.54) is 0 Å². The average Bonchev–Trinajstić information content (AvgIpc) is 3.63. The quantitative estimate of drug-likeness (QED) is 0.387. The van der Waals surface area contributed by atoms with E-state index >= 15 is 0 Å². The van der Waals surface area contributed by atoms with Gasteiger partial charge in [0.05, 0.1) is 24.5 Å². The Kier molecular flexibility index (Phi) is 5.22. The molecule has 5 heterocycles. The fourth-order valence-corrected chi connectivity index (χ4v) is 7.15. The third-order valence-corrected chi connectivity index (χ3v) is 8.78. The van der Waals surface area contributed by atoms with Crippen LogP contribution in [0.5, 0.6) is 0 Å². The average molecular weight is 512 g/mol. The van der Waals surface area contributed by atoms with E-state index in [1.807, 2.05) is 60.7 Å². The Balaban J connectivity index is 1.36. The minimum absolute atomic E-state index is 0.185. The topological polar surface area (TPSA) is 99.6 Å². The molecule has 0 aliphatic carbocycles. The van der Waals surface area contributed by atoms with Crippen LogP contribution in [0.1, 0.15) is 49.4 Å². The van der Waals surface area contributed by atoms with Gasteiger partial charge in [0.15, 0.2) is 12.1 Å². The number of hydrogen-bond acceptors (Lipinski definition) is 5. The van der Waals surface area contributed by atoms with Gasteiger partial charge >= 0.3 is 0 Å². The largest absolute Gasteiger partial charge is 0.630 e. The summed E-state index contributed by atoms with van der Waals surface area (Å²) in [5.41, 5.74) is 2.22. The summed E-state index contributed by atoms with van der Waals surface area (Å²) in [6.45, 7) is 0.663. The van der Waals surface area contributed by atoms with Crippen LogP contribution in [0.25, 0.3) is 0 Å². The number of anilines is 2. The summed E-state index contributed by atoms with van der Waals surface area (Å²) < 4.78 is -1.34. The van der Waals surface area contributed by atoms with Crippen LogP contribution < -0.4 is 9.80 Å². The lowest BCUT2D eigenvalue weighted by atomic mass is 10.1. The van der Waals surface area contributed by atoms with Gasteiger partial charge in [0.2, 0.25) is 12.3 Å². The second-order valence-corrected chi connectivity index (χ2v) is 10.8. The fraction of sp³-hybridized carbons (Fsp3) is 0.345. The molecule has 7 rings (SSSR count). The number of pyridine rings is 1. The third-order valence-electron chi connectivity index (χ3n) is 8.78. The van der Waals surface area contributed by atoms with Crippen molar-refractivity contribution in [1.29, 1.82) is 0 Å². The number of amides is 2. The molecule has 2 aromatic carbocycles. The van der Waals surface area contributed by atoms with Crippen molar-refractivity contribution >= 4 is 23.2 Å². The highest BCUT2D eigenvalue weighted by atomic mass is 16.6. The van der Waals surface area contributed by atoms with Crippen LogP contribution in [-0.4, -0.2) is 51.3 Å². The Morgan fingerprint density at radius 3 is 1.47 bits per heavy atom. The lowest BCUT2D eigenvalue weighted by Gasteiger charge is -2.45. The highest BCUT2D eigenvalue weighted by molar-refractivity contribution is 5.99. The summed E-state index contributed by atoms with van der Waals surface area (Å²) in [5.74, 6) is -0.371. The van der Waals surface area contributed by atoms with E-state index in [1.54, 1.807) is 28.0 Å². The molecule has 1 aromatic heterocycles. The zero-order valence-electron chi connectivity index (χ0n) is 20.9. The number of quaternary nitrogens is 2. The maximum Gasteiger partial charge on any atom is 0.290 e. The van der Waals surface area contributed by atoms with Gasteiger partial charge in [-0.05, 0) is 36.4 Å². The van der Waals surface area contributed by atoms with E-state index in [0.717, 1.165) is 0 Å². The van der Waals surface area contributed by atoms with Gasteiger partial charge in [0, 0.05) is 25.7 Å². The summed E-state index contributed by atoms with van der Waals surface area (Å²) in [7, 11) is 0. The first kappa shape index (κ1) is 23.5. The number of hydroxylamine groups is 6. The maximum atomic E-state index is 14.3. The Hall–Kier alpha value is -3.63. The first-order valence-corrected chi connectivity index (χ1v) is 13.3. The van der Waals surface area contributed by atoms with Crippen molar-refractivity contribution in [2.24, 2.45) is 0 Å². The second-order valence-electron chi connectivity index (χ2n) is 10.8. The fourth-order valence-electron chi connectivity index (χ4n) is 7.15. The minimum atomic E-state index is -0.853. The molecule has 2 amide bonds. The van der Waals surface area contributed by atoms with E-state index in [9.17, 15) is 20.0 Å². The van der Waals surface area contributed by atoms with E-state index in [-0.39, 0.29) is 11.8 Å². The predicted molar refractivity (Wildman–Crippen MR) is 141 cm³/mol. The lowest BCUT2D eigenvalue weighted by molar-refractivity contribution is -0.905. The molecule has 4 saturated heterocycles. The molecular weight excluding hydrogens is 482 g/mol. The van der Waals surface area contributed by atoms with Crippen LogP contribution in [0.15, 0.2) is 78.9 Å². The molecule has 194 valence electrons. The van der Waals surface area contributed by atoms with Crippen LogP contribution in [0, 0.1) is 10.4 Å². The van der Waals surface area contributed by atoms with Crippen LogP contribution in [-0.2, 0) is 9.59 Å². The van der Waals surface area contributed by atoms with Crippen molar-refractivity contribution in [3.8, 4) is 0 Å². The van der Waals surface area contributed by atoms with Gasteiger partial charge in [0.1, 0.15) is 11.4 Å². The number of fused-ring (bicyclic) bond motifs is 2. The van der Waals surface area contributed by atoms with E-state index < -0.39 is 33.7 Å². The summed E-state index contributed by atoms with van der Waals surface area (Å²) in [5, 5.41) is 28.6. The highest BCUT2D eigenvalue weighted by Crippen LogP contribution is 2.50. The molecule has 0 radical (unpaired) electrons. The third kappa shape index (κ3) is 3.16. The zero-order valence-corrected chi connectivity index (χ0v) is 20.9. The first-order valence-electron chi connectivity index (χ1n) is 13.3. The van der Waals surface area contributed by atoms with Crippen LogP contribution in [0.4, 0.5) is 11.4 Å². The summed E-state index contributed by atoms with van der Waals surface area (Å²) >= 11 is 0. The summed E-state index contributed by atoms with van der Waals surface area (Å²) in [6, 6.07) is 22.5. The van der Waals surface area contributed by atoms with Crippen molar-refractivity contribution in [1.82, 2.24) is 4.98 Å². The Morgan fingerprint density at radius 1 is 0.632 bits per heavy atom. The molecule has 0 spiro atoms. The van der Waals surface area contributed by atoms with Crippen LogP contribution in [0.2, 0.25) is 0 Å². The summed E-state index contributed by atoms with van der Waals surface area (Å²) in [4.78, 5) is 35.3. The van der Waals surface area contributed by atoms with Crippen molar-refractivity contribution in [3.05, 3.63) is 101 Å². The molecular formula is C29H29N5O4. The molecule has 4 aliphatic heterocycles. The van der Waals surface area contributed by atoms with Crippen molar-refractivity contribution in [3.63, 3.8) is 0 Å². The van der Waals surface area contributed by atoms with Crippen molar-refractivity contribution < 1.29 is 18.9 Å². The van der Waals surface area contributed by atoms with E-state index in [4.69, 9.17) is 4.98 Å². The van der Waals surface area contributed by atoms with Crippen LogP contribution in [0.3, 0.4) is 0 Å². The zero-order chi connectivity index (χ0) is 26.1. The summed E-state index contributed by atoms with van der Waals surface area (Å²) in [6.07, 6.45) is 0.745. The SMILES string of the molecule is O=C1[C@@H]2CCC[N@+]2([O-])[C@@H](c2cccc([C@H]3N(c4ccccc4)C(=O)[C@@H]4CCC[N@@+]43[O-])n2)N1c1ccccc1. The number of aromatic nitrogens is 1. The number of hydrogen-bond donors (Lipinski definition) is 0. The molecule has 9 nitrogen and oxygen atoms in total. The van der Waals surface area contributed by atoms with Gasteiger partial charge in [-0.1, -0.05) is 42.5 Å². The maximum absolute atomic E-state index is 14.3. The smallest absolute Gasteiger partial charge is 0.290 e. The van der Waals surface area contributed by atoms with Crippen molar-refractivity contribution in [2.75, 3.05) is 22.9 Å². The Labute approximate surface area is 220 Å². The predicted octanol–water partition coefficient (Wildman–Crippen LogP) is 4.13. The molecule has 3 aromatic rings. The lowest BCUT2D eigenvalue weighted by Crippen LogP contribution is -2.47. The van der Waals surface area contributed by atoms with Gasteiger partial charge in [-0.3, -0.25) is 19.4 Å². The standard InChI is InChI=1S/C29H29N5O4/c35-28-24-16-8-18-33(24,37)26(31(28)20-10-3-1-4-11-20)22-14-7-15-23(30-22)27-32(21-12-5-2-6-13-21)29(36)25-17-9-19-34(25,27)38/h1-7,10-15,24-27H,8-9,16-19H2/t24-,25-,26-,27-,33+,34+/m0/s1. The molecule has 38 heavy (non-hydrogen) atoms. The Bertz CT molecular complexity index is 1300. The first-order chi connectivity index (χ1) is 18.4. The van der Waals surface area contributed by atoms with Crippen molar-refractivity contribution in [2.45, 2.75) is 50.1 Å². The molecule has 0 unspecified atom stereocenters. The molecule has 0 bridgehead atoms. The molecule has 4 aliphatic rings. The van der Waals surface area contributed by atoms with Gasteiger partial charge in [-0.2, -0.15) is 0 Å². The number of para-hydroxylation sites is 2. The van der Waals surface area contributed by atoms with Gasteiger partial charge in [-0.15, -0.1) is 0 Å². The molecule has 4 fully saturated rings. The van der Waals surface area contributed by atoms with Gasteiger partial charge in [-0.25, -0.2) is 4.98 Å². The number of carbonyl (C=O) groups excluding carboxylic acids is 2. The normalized spacial score (nSPS) is 34.2. The molecule has 0 saturated carbocycles. The number of carbonyl (C=O) groups is 2. The van der Waals surface area contributed by atoms with Crippen LogP contribution >= 0.6 is 0 Å². The molecule has 0 N–H and O–H groups in total. The highest BCUT2D eigenvalue weighted by Gasteiger charge is 2.60. The molecule has 6 atom stereocenters. The monoisotopic (exact) mass is 511 g/mol. The van der Waals surface area contributed by atoms with Gasteiger partial charge in [0.25, 0.3) is 11.8 Å².